The predicted octanol–water partition coefficient (Wildman–Crippen LogP) is 5.19. The van der Waals surface area contributed by atoms with Crippen molar-refractivity contribution in [2.45, 2.75) is 65.2 Å². The molecule has 2 rings (SSSR count). The van der Waals surface area contributed by atoms with Gasteiger partial charge in [-0.2, -0.15) is 0 Å². The first kappa shape index (κ1) is 26.2. The first-order valence-corrected chi connectivity index (χ1v) is 11.4. The van der Waals surface area contributed by atoms with Gasteiger partial charge in [-0.3, -0.25) is 9.59 Å². The zero-order valence-electron chi connectivity index (χ0n) is 21.0. The number of nitrogens with two attached hydrogens (primary N) is 1. The van der Waals surface area contributed by atoms with Crippen LogP contribution in [-0.2, 0) is 21.4 Å². The fourth-order valence-corrected chi connectivity index (χ4v) is 4.13. The Morgan fingerprint density at radius 3 is 2.27 bits per heavy atom. The van der Waals surface area contributed by atoms with Crippen LogP contribution in [0.15, 0.2) is 36.4 Å². The number of anilines is 1. The zero-order chi connectivity index (χ0) is 24.8. The summed E-state index contributed by atoms with van der Waals surface area (Å²) in [6, 6.07) is 11.4. The lowest BCUT2D eigenvalue weighted by Crippen LogP contribution is -2.21. The smallest absolute Gasteiger partial charge is 0.224 e. The standard InChI is InChI=1S/C27H38N2O4/c1-17(2)12-19(21-10-9-20(32-6)16-24(21)33-7)15-26(31)29-23-13-18(14-25(28)30)8-11-22(23)27(3,4)5/h8-11,13,16-17,19H,12,14-15H2,1-7H3,(H2,28,30)(H,29,31). The molecule has 2 aromatic rings. The summed E-state index contributed by atoms with van der Waals surface area (Å²) in [5.74, 6) is 1.33. The van der Waals surface area contributed by atoms with Gasteiger partial charge in [0.25, 0.3) is 0 Å². The van der Waals surface area contributed by atoms with E-state index in [1.165, 1.54) is 0 Å². The van der Waals surface area contributed by atoms with Crippen LogP contribution in [0.1, 0.15) is 70.1 Å². The third-order valence-electron chi connectivity index (χ3n) is 5.61. The average molecular weight is 455 g/mol. The van der Waals surface area contributed by atoms with Crippen LogP contribution < -0.4 is 20.5 Å². The summed E-state index contributed by atoms with van der Waals surface area (Å²) < 4.78 is 10.9. The van der Waals surface area contributed by atoms with Gasteiger partial charge in [0.05, 0.1) is 20.6 Å². The van der Waals surface area contributed by atoms with Gasteiger partial charge in [0.2, 0.25) is 11.8 Å². The number of nitrogens with one attached hydrogen (secondary N) is 1. The maximum Gasteiger partial charge on any atom is 0.224 e. The fourth-order valence-electron chi connectivity index (χ4n) is 4.13. The molecule has 0 aliphatic carbocycles. The number of carbonyl (C=O) groups is 2. The van der Waals surface area contributed by atoms with Crippen LogP contribution in [-0.4, -0.2) is 26.0 Å². The minimum Gasteiger partial charge on any atom is -0.497 e. The summed E-state index contributed by atoms with van der Waals surface area (Å²) >= 11 is 0. The number of benzene rings is 2. The number of ether oxygens (including phenoxy) is 2. The molecule has 180 valence electrons. The van der Waals surface area contributed by atoms with E-state index in [0.29, 0.717) is 23.8 Å². The van der Waals surface area contributed by atoms with Crippen molar-refractivity contribution in [3.63, 3.8) is 0 Å². The number of rotatable bonds is 10. The van der Waals surface area contributed by atoms with Crippen LogP contribution in [0, 0.1) is 5.92 Å². The Balaban J connectivity index is 2.35. The second-order valence-electron chi connectivity index (χ2n) is 9.96. The highest BCUT2D eigenvalue weighted by molar-refractivity contribution is 5.92. The SMILES string of the molecule is COc1ccc(C(CC(=O)Nc2cc(CC(N)=O)ccc2C(C)(C)C)CC(C)C)c(OC)c1. The van der Waals surface area contributed by atoms with Crippen molar-refractivity contribution in [2.75, 3.05) is 19.5 Å². The lowest BCUT2D eigenvalue weighted by atomic mass is 9.84. The van der Waals surface area contributed by atoms with E-state index >= 15 is 0 Å². The molecule has 0 radical (unpaired) electrons. The summed E-state index contributed by atoms with van der Waals surface area (Å²) in [5.41, 5.74) is 8.69. The van der Waals surface area contributed by atoms with Crippen LogP contribution >= 0.6 is 0 Å². The Bertz CT molecular complexity index is 977. The quantitative estimate of drug-likeness (QED) is 0.517. The van der Waals surface area contributed by atoms with Gasteiger partial charge in [0.15, 0.2) is 0 Å². The van der Waals surface area contributed by atoms with Crippen LogP contribution in [0.5, 0.6) is 11.5 Å². The van der Waals surface area contributed by atoms with Crippen molar-refractivity contribution in [3.05, 3.63) is 53.1 Å². The second kappa shape index (κ2) is 11.2. The Morgan fingerprint density at radius 2 is 1.73 bits per heavy atom. The number of hydrogen-bond donors (Lipinski definition) is 2. The van der Waals surface area contributed by atoms with E-state index < -0.39 is 5.91 Å². The number of hydrogen-bond acceptors (Lipinski definition) is 4. The molecule has 0 fully saturated rings. The molecule has 0 spiro atoms. The van der Waals surface area contributed by atoms with Crippen LogP contribution in [0.4, 0.5) is 5.69 Å². The molecule has 0 aliphatic heterocycles. The van der Waals surface area contributed by atoms with Crippen molar-refractivity contribution >= 4 is 17.5 Å². The van der Waals surface area contributed by atoms with Crippen LogP contribution in [0.25, 0.3) is 0 Å². The van der Waals surface area contributed by atoms with Crippen LogP contribution in [0.3, 0.4) is 0 Å². The summed E-state index contributed by atoms with van der Waals surface area (Å²) in [5, 5.41) is 3.11. The Morgan fingerprint density at radius 1 is 1.03 bits per heavy atom. The van der Waals surface area contributed by atoms with Crippen molar-refractivity contribution in [1.29, 1.82) is 0 Å². The molecule has 0 saturated carbocycles. The van der Waals surface area contributed by atoms with Gasteiger partial charge in [-0.05, 0) is 52.5 Å². The summed E-state index contributed by atoms with van der Waals surface area (Å²) in [6.07, 6.45) is 1.28. The molecule has 2 aromatic carbocycles. The first-order valence-electron chi connectivity index (χ1n) is 11.4. The number of carbonyl (C=O) groups excluding carboxylic acids is 2. The zero-order valence-corrected chi connectivity index (χ0v) is 21.0. The normalized spacial score (nSPS) is 12.4. The minimum atomic E-state index is -0.403. The van der Waals surface area contributed by atoms with Crippen molar-refractivity contribution < 1.29 is 19.1 Å². The van der Waals surface area contributed by atoms with E-state index in [1.807, 2.05) is 36.4 Å². The van der Waals surface area contributed by atoms with Crippen molar-refractivity contribution in [2.24, 2.45) is 11.7 Å². The molecular formula is C27H38N2O4. The van der Waals surface area contributed by atoms with Crippen LogP contribution in [0.2, 0.25) is 0 Å². The summed E-state index contributed by atoms with van der Waals surface area (Å²) in [7, 11) is 3.25. The van der Waals surface area contributed by atoms with Gasteiger partial charge < -0.3 is 20.5 Å². The van der Waals surface area contributed by atoms with E-state index in [0.717, 1.165) is 28.8 Å². The Hall–Kier alpha value is -3.02. The molecule has 0 aromatic heterocycles. The third-order valence-corrected chi connectivity index (χ3v) is 5.61. The lowest BCUT2D eigenvalue weighted by molar-refractivity contribution is -0.117. The van der Waals surface area contributed by atoms with E-state index in [-0.39, 0.29) is 23.7 Å². The number of primary amides is 1. The molecule has 33 heavy (non-hydrogen) atoms. The third kappa shape index (κ3) is 7.52. The van der Waals surface area contributed by atoms with Gasteiger partial charge in [-0.15, -0.1) is 0 Å². The molecule has 1 atom stereocenters. The van der Waals surface area contributed by atoms with E-state index in [9.17, 15) is 9.59 Å². The second-order valence-corrected chi connectivity index (χ2v) is 9.96. The minimum absolute atomic E-state index is 0.0160. The molecule has 2 amide bonds. The van der Waals surface area contributed by atoms with Gasteiger partial charge in [0, 0.05) is 18.2 Å². The summed E-state index contributed by atoms with van der Waals surface area (Å²) in [4.78, 5) is 24.7. The summed E-state index contributed by atoms with van der Waals surface area (Å²) in [6.45, 7) is 10.6. The van der Waals surface area contributed by atoms with Gasteiger partial charge in [0.1, 0.15) is 11.5 Å². The highest BCUT2D eigenvalue weighted by Crippen LogP contribution is 2.37. The number of methoxy groups -OCH3 is 2. The largest absolute Gasteiger partial charge is 0.497 e. The maximum absolute atomic E-state index is 13.2. The Labute approximate surface area is 197 Å². The number of amides is 2. The molecule has 6 nitrogen and oxygen atoms in total. The van der Waals surface area contributed by atoms with Gasteiger partial charge >= 0.3 is 0 Å². The molecule has 0 saturated heterocycles. The highest BCUT2D eigenvalue weighted by atomic mass is 16.5. The molecular weight excluding hydrogens is 416 g/mol. The van der Waals surface area contributed by atoms with E-state index in [2.05, 4.69) is 39.9 Å². The highest BCUT2D eigenvalue weighted by Gasteiger charge is 2.24. The predicted molar refractivity (Wildman–Crippen MR) is 133 cm³/mol. The Kier molecular flexibility index (Phi) is 8.91. The fraction of sp³-hybridized carbons (Fsp3) is 0.481. The van der Waals surface area contributed by atoms with Crippen molar-refractivity contribution in [1.82, 2.24) is 0 Å². The first-order chi connectivity index (χ1) is 15.4. The van der Waals surface area contributed by atoms with Crippen molar-refractivity contribution in [3.8, 4) is 11.5 Å². The van der Waals surface area contributed by atoms with Gasteiger partial charge in [-0.25, -0.2) is 0 Å². The molecule has 0 heterocycles. The van der Waals surface area contributed by atoms with E-state index in [1.54, 1.807) is 14.2 Å². The lowest BCUT2D eigenvalue weighted by Gasteiger charge is -2.25. The average Bonchev–Trinajstić information content (AvgIpc) is 2.71. The monoisotopic (exact) mass is 454 g/mol. The molecule has 1 unspecified atom stereocenters. The molecule has 0 bridgehead atoms. The molecule has 0 aliphatic rings. The van der Waals surface area contributed by atoms with E-state index in [4.69, 9.17) is 15.2 Å². The molecule has 3 N–H and O–H groups in total. The topological polar surface area (TPSA) is 90.6 Å². The van der Waals surface area contributed by atoms with Gasteiger partial charge in [-0.1, -0.05) is 52.8 Å². The maximum atomic E-state index is 13.2. The molecule has 6 heteroatoms.